The predicted octanol–water partition coefficient (Wildman–Crippen LogP) is 5.56. The molecule has 7 nitrogen and oxygen atoms in total. The Balaban J connectivity index is 1.20. The van der Waals surface area contributed by atoms with Crippen molar-refractivity contribution in [2.45, 2.75) is 50.5 Å². The van der Waals surface area contributed by atoms with Crippen molar-refractivity contribution >= 4 is 28.8 Å². The van der Waals surface area contributed by atoms with Gasteiger partial charge in [-0.05, 0) is 68.4 Å². The molecule has 1 aliphatic heterocycles. The summed E-state index contributed by atoms with van der Waals surface area (Å²) in [6.45, 7) is 0.522. The van der Waals surface area contributed by atoms with Gasteiger partial charge in [-0.25, -0.2) is 4.98 Å². The van der Waals surface area contributed by atoms with Crippen LogP contribution in [0.5, 0.6) is 0 Å². The topological polar surface area (TPSA) is 91.0 Å². The molecule has 4 heterocycles. The van der Waals surface area contributed by atoms with Crippen LogP contribution in [0.3, 0.4) is 0 Å². The van der Waals surface area contributed by atoms with E-state index in [1.54, 1.807) is 6.07 Å². The smallest absolute Gasteiger partial charge is 0.276 e. The summed E-state index contributed by atoms with van der Waals surface area (Å²) in [4.78, 5) is 35.1. The lowest BCUT2D eigenvalue weighted by atomic mass is 9.93. The Labute approximate surface area is 218 Å². The maximum atomic E-state index is 13.9. The summed E-state index contributed by atoms with van der Waals surface area (Å²) in [7, 11) is 0. The van der Waals surface area contributed by atoms with Crippen LogP contribution in [0.1, 0.15) is 69.4 Å². The molecule has 4 aromatic rings. The van der Waals surface area contributed by atoms with Crippen LogP contribution in [0.2, 0.25) is 0 Å². The number of pyridine rings is 1. The van der Waals surface area contributed by atoms with Gasteiger partial charge in [0.25, 0.3) is 11.8 Å². The Morgan fingerprint density at radius 1 is 1.03 bits per heavy atom. The average molecular weight is 510 g/mol. The Morgan fingerprint density at radius 3 is 2.70 bits per heavy atom. The van der Waals surface area contributed by atoms with Crippen LogP contribution < -0.4 is 10.2 Å². The molecule has 3 aromatic heterocycles. The van der Waals surface area contributed by atoms with E-state index in [9.17, 15) is 9.59 Å². The number of thiophene rings is 1. The molecule has 37 heavy (non-hydrogen) atoms. The highest BCUT2D eigenvalue weighted by molar-refractivity contribution is 7.17. The molecular formula is C29H27N5O2S. The molecule has 8 heteroatoms. The first kappa shape index (κ1) is 22.4. The van der Waals surface area contributed by atoms with Crippen LogP contribution in [0.15, 0.2) is 54.7 Å². The van der Waals surface area contributed by atoms with Gasteiger partial charge in [-0.2, -0.15) is 5.10 Å². The summed E-state index contributed by atoms with van der Waals surface area (Å²) >= 11 is 1.52. The first-order valence-electron chi connectivity index (χ1n) is 13.0. The van der Waals surface area contributed by atoms with Gasteiger partial charge < -0.3 is 10.2 Å². The minimum absolute atomic E-state index is 0.0130. The zero-order chi connectivity index (χ0) is 24.9. The number of aromatic amines is 1. The largest absolute Gasteiger partial charge is 0.349 e. The van der Waals surface area contributed by atoms with E-state index in [2.05, 4.69) is 15.5 Å². The highest BCUT2D eigenvalue weighted by Crippen LogP contribution is 2.44. The summed E-state index contributed by atoms with van der Waals surface area (Å²) in [6, 6.07) is 15.9. The number of anilines is 1. The summed E-state index contributed by atoms with van der Waals surface area (Å²) in [6.07, 6.45) is 8.12. The maximum Gasteiger partial charge on any atom is 0.276 e. The number of nitrogens with zero attached hydrogens (tertiary/aromatic N) is 3. The Bertz CT molecular complexity index is 1510. The SMILES string of the molecule is O=C(NC1CCC1)c1cc2c(s1)-c1ccccc1N(C(=O)c1cccc(-c3cn[nH]c3C3CC3)n1)CC2. The second kappa shape index (κ2) is 8.95. The number of hydrogen-bond donors (Lipinski definition) is 2. The molecule has 2 N–H and O–H groups in total. The Hall–Kier alpha value is -3.78. The molecule has 2 amide bonds. The number of aromatic nitrogens is 3. The number of rotatable bonds is 5. The Morgan fingerprint density at radius 2 is 1.89 bits per heavy atom. The van der Waals surface area contributed by atoms with Gasteiger partial charge in [0.15, 0.2) is 0 Å². The standard InChI is InChI=1S/C29H27N5O2S/c35-28(31-19-5-3-6-19)25-15-18-13-14-34(24-10-2-1-7-20(24)27(18)37-25)29(36)23-9-4-8-22(32-23)21-16-30-33-26(21)17-11-12-17/h1-2,4,7-10,15-17,19H,3,5-6,11-14H2,(H,30,33)(H,31,35). The molecule has 0 radical (unpaired) electrons. The van der Waals surface area contributed by atoms with Crippen LogP contribution >= 0.6 is 11.3 Å². The third-order valence-corrected chi connectivity index (χ3v) is 8.87. The number of carbonyl (C=O) groups excluding carboxylic acids is 2. The first-order chi connectivity index (χ1) is 18.2. The number of amides is 2. The third kappa shape index (κ3) is 4.05. The van der Waals surface area contributed by atoms with E-state index in [-0.39, 0.29) is 11.8 Å². The average Bonchev–Trinajstić information content (AvgIpc) is 3.51. The number of carbonyl (C=O) groups is 2. The van der Waals surface area contributed by atoms with Gasteiger partial charge in [0, 0.05) is 40.2 Å². The second-order valence-corrected chi connectivity index (χ2v) is 11.2. The molecule has 2 fully saturated rings. The van der Waals surface area contributed by atoms with Crippen LogP contribution in [-0.2, 0) is 6.42 Å². The molecule has 2 aliphatic carbocycles. The van der Waals surface area contributed by atoms with Gasteiger partial charge in [-0.3, -0.25) is 14.7 Å². The highest BCUT2D eigenvalue weighted by Gasteiger charge is 2.31. The number of benzene rings is 1. The van der Waals surface area contributed by atoms with Crippen LogP contribution in [0.25, 0.3) is 21.7 Å². The van der Waals surface area contributed by atoms with Gasteiger partial charge in [0.1, 0.15) is 5.69 Å². The molecule has 0 saturated heterocycles. The number of fused-ring (bicyclic) bond motifs is 3. The van der Waals surface area contributed by atoms with E-state index in [1.807, 2.05) is 53.6 Å². The van der Waals surface area contributed by atoms with Crippen molar-refractivity contribution in [3.05, 3.63) is 76.6 Å². The van der Waals surface area contributed by atoms with Crippen molar-refractivity contribution in [3.63, 3.8) is 0 Å². The molecule has 1 aromatic carbocycles. The van der Waals surface area contributed by atoms with Crippen molar-refractivity contribution < 1.29 is 9.59 Å². The van der Waals surface area contributed by atoms with E-state index < -0.39 is 0 Å². The summed E-state index contributed by atoms with van der Waals surface area (Å²) < 4.78 is 0. The summed E-state index contributed by atoms with van der Waals surface area (Å²) in [5.74, 6) is 0.402. The zero-order valence-corrected chi connectivity index (χ0v) is 21.2. The van der Waals surface area contributed by atoms with Crippen molar-refractivity contribution in [1.29, 1.82) is 0 Å². The van der Waals surface area contributed by atoms with Crippen LogP contribution in [0.4, 0.5) is 5.69 Å². The number of hydrogen-bond acceptors (Lipinski definition) is 5. The fourth-order valence-electron chi connectivity index (χ4n) is 5.25. The fourth-order valence-corrected chi connectivity index (χ4v) is 6.40. The number of nitrogens with one attached hydrogen (secondary N) is 2. The van der Waals surface area contributed by atoms with Crippen molar-refractivity contribution in [1.82, 2.24) is 20.5 Å². The van der Waals surface area contributed by atoms with Gasteiger partial charge in [0.2, 0.25) is 0 Å². The lowest BCUT2D eigenvalue weighted by Crippen LogP contribution is -2.39. The monoisotopic (exact) mass is 509 g/mol. The first-order valence-corrected chi connectivity index (χ1v) is 13.8. The fraction of sp³-hybridized carbons (Fsp3) is 0.310. The van der Waals surface area contributed by atoms with Gasteiger partial charge in [-0.15, -0.1) is 11.3 Å². The lowest BCUT2D eigenvalue weighted by molar-refractivity contribution is 0.0920. The molecule has 0 atom stereocenters. The van der Waals surface area contributed by atoms with E-state index in [1.165, 1.54) is 17.8 Å². The second-order valence-electron chi connectivity index (χ2n) is 10.2. The summed E-state index contributed by atoms with van der Waals surface area (Å²) in [5, 5.41) is 10.5. The molecule has 0 spiro atoms. The highest BCUT2D eigenvalue weighted by atomic mass is 32.1. The number of para-hydroxylation sites is 1. The van der Waals surface area contributed by atoms with E-state index in [4.69, 9.17) is 4.98 Å². The zero-order valence-electron chi connectivity index (χ0n) is 20.4. The van der Waals surface area contributed by atoms with Crippen molar-refractivity contribution in [2.24, 2.45) is 0 Å². The minimum atomic E-state index is -0.121. The molecule has 0 bridgehead atoms. The Kier molecular flexibility index (Phi) is 5.43. The minimum Gasteiger partial charge on any atom is -0.349 e. The quantitative estimate of drug-likeness (QED) is 0.368. The van der Waals surface area contributed by atoms with E-state index in [0.29, 0.717) is 30.6 Å². The number of H-pyrrole nitrogens is 1. The normalized spacial score (nSPS) is 16.9. The van der Waals surface area contributed by atoms with E-state index in [0.717, 1.165) is 69.2 Å². The lowest BCUT2D eigenvalue weighted by Gasteiger charge is -2.26. The van der Waals surface area contributed by atoms with Crippen LogP contribution in [-0.4, -0.2) is 39.6 Å². The third-order valence-electron chi connectivity index (χ3n) is 7.66. The maximum absolute atomic E-state index is 13.9. The molecule has 3 aliphatic rings. The molecule has 186 valence electrons. The van der Waals surface area contributed by atoms with Gasteiger partial charge in [-0.1, -0.05) is 24.3 Å². The van der Waals surface area contributed by atoms with Crippen molar-refractivity contribution in [3.8, 4) is 21.7 Å². The summed E-state index contributed by atoms with van der Waals surface area (Å²) in [5.41, 5.74) is 6.22. The van der Waals surface area contributed by atoms with Gasteiger partial charge in [0.05, 0.1) is 22.5 Å². The molecule has 0 unspecified atom stereocenters. The van der Waals surface area contributed by atoms with Gasteiger partial charge >= 0.3 is 0 Å². The van der Waals surface area contributed by atoms with Crippen molar-refractivity contribution in [2.75, 3.05) is 11.4 Å². The predicted molar refractivity (Wildman–Crippen MR) is 144 cm³/mol. The molecular weight excluding hydrogens is 482 g/mol. The van der Waals surface area contributed by atoms with E-state index >= 15 is 0 Å². The van der Waals surface area contributed by atoms with Crippen LogP contribution in [0, 0.1) is 0 Å². The molecule has 7 rings (SSSR count). The molecule has 2 saturated carbocycles.